The van der Waals surface area contributed by atoms with Crippen molar-refractivity contribution in [1.29, 1.82) is 0 Å². The first-order valence-electron chi connectivity index (χ1n) is 27.0. The second-order valence-electron chi connectivity index (χ2n) is 24.0. The lowest BCUT2D eigenvalue weighted by Crippen LogP contribution is -2.54. The fourth-order valence-electron chi connectivity index (χ4n) is 11.9. The second-order valence-corrected chi connectivity index (χ2v) is 24.0. The van der Waals surface area contributed by atoms with Crippen LogP contribution in [0, 0.1) is 0 Å². The predicted octanol–water partition coefficient (Wildman–Crippen LogP) is 1.41. The Kier molecular flexibility index (Phi) is 18.7. The molecule has 0 radical (unpaired) electrons. The summed E-state index contributed by atoms with van der Waals surface area (Å²) < 4.78 is 108. The van der Waals surface area contributed by atoms with Crippen LogP contribution in [0.1, 0.15) is 115 Å². The van der Waals surface area contributed by atoms with Crippen LogP contribution in [-0.2, 0) is 104 Å². The molecule has 27 heteroatoms. The maximum Gasteiger partial charge on any atom is 0.407 e. The molecule has 0 unspecified atom stereocenters. The van der Waals surface area contributed by atoms with E-state index in [9.17, 15) is 24.0 Å². The highest BCUT2D eigenvalue weighted by atomic mass is 16.9. The lowest BCUT2D eigenvalue weighted by molar-refractivity contribution is -0.220. The number of hydrogen-bond donors (Lipinski definition) is 4. The Bertz CT molecular complexity index is 2180. The van der Waals surface area contributed by atoms with Gasteiger partial charge in [0, 0.05) is 59.8 Å². The average Bonchev–Trinajstić information content (AvgIpc) is 4.41. The summed E-state index contributed by atoms with van der Waals surface area (Å²) in [5, 5.41) is 11.8. The summed E-state index contributed by atoms with van der Waals surface area (Å²) >= 11 is 0. The van der Waals surface area contributed by atoms with Gasteiger partial charge in [0.15, 0.2) is 48.3 Å². The molecule has 79 heavy (non-hydrogen) atoms. The molecule has 20 atom stereocenters. The Morgan fingerprint density at radius 3 is 1.15 bits per heavy atom. The molecular formula is C52H84N4O23. The molecule has 0 aromatic heterocycles. The van der Waals surface area contributed by atoms with Gasteiger partial charge < -0.3 is 107 Å². The summed E-state index contributed by atoms with van der Waals surface area (Å²) in [5.74, 6) is -6.39. The van der Waals surface area contributed by atoms with Crippen LogP contribution >= 0.6 is 0 Å². The smallest absolute Gasteiger partial charge is 0.407 e. The molecule has 8 fully saturated rings. The minimum Gasteiger partial charge on any atom is -0.469 e. The third-order valence-corrected chi connectivity index (χ3v) is 14.8. The molecule has 0 spiro atoms. The van der Waals surface area contributed by atoms with E-state index in [0.717, 1.165) is 0 Å². The lowest BCUT2D eigenvalue weighted by Gasteiger charge is -2.33. The van der Waals surface area contributed by atoms with E-state index in [-0.39, 0.29) is 32.1 Å². The molecule has 8 heterocycles. The van der Waals surface area contributed by atoms with E-state index in [4.69, 9.17) is 85.3 Å². The number of methoxy groups -OCH3 is 5. The third kappa shape index (κ3) is 14.7. The van der Waals surface area contributed by atoms with Gasteiger partial charge in [-0.2, -0.15) is 0 Å². The number of carbonyl (C=O) groups is 5. The van der Waals surface area contributed by atoms with Crippen LogP contribution in [0.2, 0.25) is 0 Å². The van der Waals surface area contributed by atoms with Gasteiger partial charge in [0.2, 0.25) is 17.7 Å². The summed E-state index contributed by atoms with van der Waals surface area (Å²) in [6, 6.07) is -4.07. The molecule has 8 saturated heterocycles. The largest absolute Gasteiger partial charge is 0.469 e. The van der Waals surface area contributed by atoms with Crippen LogP contribution in [0.5, 0.6) is 0 Å². The minimum atomic E-state index is -1.14. The van der Waals surface area contributed by atoms with E-state index in [2.05, 4.69) is 21.3 Å². The van der Waals surface area contributed by atoms with Crippen LogP contribution in [0.25, 0.3) is 0 Å². The van der Waals surface area contributed by atoms with Crippen LogP contribution in [0.4, 0.5) is 4.79 Å². The van der Waals surface area contributed by atoms with Crippen LogP contribution in [0.15, 0.2) is 0 Å². The summed E-state index contributed by atoms with van der Waals surface area (Å²) in [6.07, 6.45) is -14.6. The number of nitrogens with one attached hydrogen (secondary N) is 4. The number of hydrogen-bond acceptors (Lipinski definition) is 23. The number of rotatable bonds is 22. The van der Waals surface area contributed by atoms with Crippen molar-refractivity contribution in [3.63, 3.8) is 0 Å². The summed E-state index contributed by atoms with van der Waals surface area (Å²) in [4.78, 5) is 70.1. The zero-order valence-corrected chi connectivity index (χ0v) is 48.2. The molecule has 0 bridgehead atoms. The van der Waals surface area contributed by atoms with Crippen LogP contribution in [0.3, 0.4) is 0 Å². The molecule has 0 aromatic carbocycles. The topological polar surface area (TPSA) is 300 Å². The lowest BCUT2D eigenvalue weighted by atomic mass is 9.96. The molecule has 8 aliphatic heterocycles. The van der Waals surface area contributed by atoms with E-state index in [1.54, 1.807) is 76.2 Å². The number of esters is 1. The van der Waals surface area contributed by atoms with Crippen molar-refractivity contribution in [3.8, 4) is 0 Å². The van der Waals surface area contributed by atoms with Gasteiger partial charge in [-0.3, -0.25) is 19.2 Å². The van der Waals surface area contributed by atoms with Gasteiger partial charge in [0.05, 0.1) is 37.8 Å². The summed E-state index contributed by atoms with van der Waals surface area (Å²) in [7, 11) is 7.15. The zero-order chi connectivity index (χ0) is 57.7. The molecule has 8 aliphatic rings. The van der Waals surface area contributed by atoms with Gasteiger partial charge in [-0.05, 0) is 89.0 Å². The van der Waals surface area contributed by atoms with Crippen molar-refractivity contribution >= 4 is 29.8 Å². The second kappa shape index (κ2) is 24.0. The van der Waals surface area contributed by atoms with Crippen molar-refractivity contribution < 1.29 is 109 Å². The normalized spacial score (nSPS) is 37.7. The highest BCUT2D eigenvalue weighted by Crippen LogP contribution is 2.44. The van der Waals surface area contributed by atoms with E-state index >= 15 is 0 Å². The zero-order valence-electron chi connectivity index (χ0n) is 48.2. The van der Waals surface area contributed by atoms with Gasteiger partial charge in [0.25, 0.3) is 0 Å². The van der Waals surface area contributed by atoms with Crippen molar-refractivity contribution in [2.24, 2.45) is 0 Å². The summed E-state index contributed by atoms with van der Waals surface area (Å²) in [5.41, 5.74) is -0.876. The molecule has 4 amide bonds. The Hall–Kier alpha value is -3.49. The Labute approximate surface area is 460 Å². The SMILES string of the molecule is COC(=O)C[C@@H](NC(=O)C[C@@H](C[C@H]1O[C@@H]2OC(C)(C)O[C@@H]2[C@H]1OC)NC(=O)C[C@@H](NC(=O)C[C@@H](C[C@H]1O[C@@H]2OC(C)(C)O[C@@H]2[C@H]1OC)NC(=O)OC(C)(C)C)[C@H]1O[C@@H]2OC(C)(C)O[C@@H]2[C@H]1OC)[C@H]1O[C@@H]2OC(C)(C)O[C@@H]2[C@H]1OC. The first-order chi connectivity index (χ1) is 36.9. The van der Waals surface area contributed by atoms with Crippen LogP contribution < -0.4 is 21.3 Å². The van der Waals surface area contributed by atoms with E-state index in [1.807, 2.05) is 0 Å². The predicted molar refractivity (Wildman–Crippen MR) is 267 cm³/mol. The van der Waals surface area contributed by atoms with E-state index in [0.29, 0.717) is 0 Å². The quantitative estimate of drug-likeness (QED) is 0.111. The third-order valence-electron chi connectivity index (χ3n) is 14.8. The fourth-order valence-corrected chi connectivity index (χ4v) is 11.9. The first-order valence-corrected chi connectivity index (χ1v) is 27.0. The van der Waals surface area contributed by atoms with E-state index in [1.165, 1.54) is 35.5 Å². The van der Waals surface area contributed by atoms with Crippen molar-refractivity contribution in [1.82, 2.24) is 21.3 Å². The molecule has 0 aliphatic carbocycles. The van der Waals surface area contributed by atoms with Gasteiger partial charge in [-0.1, -0.05) is 0 Å². The molecule has 0 saturated carbocycles. The molecule has 4 N–H and O–H groups in total. The monoisotopic (exact) mass is 1130 g/mol. The molecule has 27 nitrogen and oxygen atoms in total. The Morgan fingerprint density at radius 2 is 0.785 bits per heavy atom. The molecular weight excluding hydrogens is 1050 g/mol. The Balaban J connectivity index is 1.03. The Morgan fingerprint density at radius 1 is 0.443 bits per heavy atom. The maximum atomic E-state index is 14.8. The van der Waals surface area contributed by atoms with Crippen molar-refractivity contribution in [3.05, 3.63) is 0 Å². The number of amides is 4. The number of ether oxygens (including phenoxy) is 18. The average molecular weight is 1130 g/mol. The molecule has 0 aromatic rings. The maximum absolute atomic E-state index is 14.8. The fraction of sp³-hybridized carbons (Fsp3) is 0.904. The standard InChI is InChI=1S/C52H84N4O23/c1-48(2,3)79-47(61)54-24(18-28-36(64-14)40-44(68-28)76-50(6,7)72-40)20-30(58)55-25(33-37(65-15)41-45(69-33)77-51(8,9)73-41)21-31(59)53-23(17-27-35(63-13)39-43(67-27)75-49(4,5)71-39)19-29(57)56-26(22-32(60)62-12)34-38(66-16)42-46(70-34)78-52(10,11)74-42/h23-28,33-46H,17-22H2,1-16H3,(H,53,59)(H,54,61)(H,55,58)(H,56,57)/t23-,24-,25-,26-,27-,28-,33-,34-,35+,36+,37+,38+,39-,40-,41-,42-,43-,44-,45-,46-/m1/s1. The highest BCUT2D eigenvalue weighted by Gasteiger charge is 2.61. The van der Waals surface area contributed by atoms with Gasteiger partial charge >= 0.3 is 12.1 Å². The minimum absolute atomic E-state index is 0.00140. The molecule has 8 rings (SSSR count). The van der Waals surface area contributed by atoms with E-state index < -0.39 is 188 Å². The van der Waals surface area contributed by atoms with Gasteiger partial charge in [-0.25, -0.2) is 4.79 Å². The summed E-state index contributed by atoms with van der Waals surface area (Å²) in [6.45, 7) is 19.1. The van der Waals surface area contributed by atoms with Gasteiger partial charge in [-0.15, -0.1) is 0 Å². The number of alkyl carbamates (subject to hydrolysis) is 1. The molecule has 450 valence electrons. The first kappa shape index (κ1) is 61.6. The number of carbonyl (C=O) groups excluding carboxylic acids is 5. The van der Waals surface area contributed by atoms with Crippen molar-refractivity contribution in [2.75, 3.05) is 35.5 Å². The van der Waals surface area contributed by atoms with Crippen LogP contribution in [-0.4, -0.2) is 217 Å². The highest BCUT2D eigenvalue weighted by molar-refractivity contribution is 5.82. The van der Waals surface area contributed by atoms with Gasteiger partial charge in [0.1, 0.15) is 66.6 Å². The van der Waals surface area contributed by atoms with Crippen molar-refractivity contribution in [2.45, 2.75) is 266 Å². The number of fused-ring (bicyclic) bond motifs is 4.